The minimum atomic E-state index is -3.47. The number of esters is 1. The number of thiophene rings is 1. The molecule has 0 spiro atoms. The molecule has 0 saturated carbocycles. The predicted octanol–water partition coefficient (Wildman–Crippen LogP) is 2.12. The van der Waals surface area contributed by atoms with Crippen LogP contribution in [-0.2, 0) is 30.8 Å². The van der Waals surface area contributed by atoms with Crippen LogP contribution in [0.25, 0.3) is 0 Å². The number of carbonyl (C=O) groups is 2. The molecule has 7 nitrogen and oxygen atoms in total. The fourth-order valence-corrected chi connectivity index (χ4v) is 6.12. The van der Waals surface area contributed by atoms with Crippen LogP contribution in [-0.4, -0.2) is 62.8 Å². The summed E-state index contributed by atoms with van der Waals surface area (Å²) in [6.07, 6.45) is 2.97. The molecule has 1 aromatic heterocycles. The maximum absolute atomic E-state index is 12.7. The first-order valence-electron chi connectivity index (χ1n) is 9.24. The number of sulfonamides is 1. The number of piperidine rings is 1. The van der Waals surface area contributed by atoms with Crippen molar-refractivity contribution in [1.29, 1.82) is 0 Å². The standard InChI is InChI=1S/C18H28N2O5S2/c1-4-19(13-14(2)18(22)25-3)16(21)12-15-8-9-17(26-15)27(23,24)20-10-6-5-7-11-20/h8-9,14H,4-7,10-13H2,1-3H3. The van der Waals surface area contributed by atoms with Crippen molar-refractivity contribution in [1.82, 2.24) is 9.21 Å². The first-order valence-corrected chi connectivity index (χ1v) is 11.5. The Balaban J connectivity index is 2.03. The van der Waals surface area contributed by atoms with Crippen LogP contribution in [0.15, 0.2) is 16.3 Å². The van der Waals surface area contributed by atoms with Gasteiger partial charge in [-0.05, 0) is 31.9 Å². The molecule has 0 bridgehead atoms. The third-order valence-electron chi connectivity index (χ3n) is 4.70. The Morgan fingerprint density at radius 2 is 1.93 bits per heavy atom. The van der Waals surface area contributed by atoms with E-state index in [-0.39, 0.29) is 29.1 Å². The van der Waals surface area contributed by atoms with Gasteiger partial charge in [-0.3, -0.25) is 9.59 Å². The molecule has 0 radical (unpaired) electrons. The van der Waals surface area contributed by atoms with Crippen LogP contribution in [0, 0.1) is 5.92 Å². The molecule has 1 aliphatic rings. The maximum atomic E-state index is 12.7. The van der Waals surface area contributed by atoms with Crippen LogP contribution in [0.1, 0.15) is 38.0 Å². The summed E-state index contributed by atoms with van der Waals surface area (Å²) in [6.45, 7) is 5.45. The van der Waals surface area contributed by atoms with E-state index in [0.29, 0.717) is 24.5 Å². The van der Waals surface area contributed by atoms with Crippen LogP contribution in [0.4, 0.5) is 0 Å². The molecule has 1 unspecified atom stereocenters. The molecule has 2 heterocycles. The Hall–Kier alpha value is -1.45. The smallest absolute Gasteiger partial charge is 0.310 e. The maximum Gasteiger partial charge on any atom is 0.310 e. The summed E-state index contributed by atoms with van der Waals surface area (Å²) in [5.41, 5.74) is 0. The van der Waals surface area contributed by atoms with E-state index < -0.39 is 15.9 Å². The number of methoxy groups -OCH3 is 1. The summed E-state index contributed by atoms with van der Waals surface area (Å²) in [5.74, 6) is -0.887. The molecule has 1 amide bonds. The Labute approximate surface area is 165 Å². The average molecular weight is 417 g/mol. The van der Waals surface area contributed by atoms with Gasteiger partial charge in [-0.25, -0.2) is 8.42 Å². The number of amides is 1. The molecule has 1 aliphatic heterocycles. The number of nitrogens with zero attached hydrogens (tertiary/aromatic N) is 2. The number of ether oxygens (including phenoxy) is 1. The highest BCUT2D eigenvalue weighted by atomic mass is 32.2. The predicted molar refractivity (Wildman–Crippen MR) is 104 cm³/mol. The van der Waals surface area contributed by atoms with Crippen LogP contribution >= 0.6 is 11.3 Å². The zero-order valence-corrected chi connectivity index (χ0v) is 17.8. The second kappa shape index (κ2) is 9.66. The van der Waals surface area contributed by atoms with Gasteiger partial charge >= 0.3 is 5.97 Å². The van der Waals surface area contributed by atoms with E-state index >= 15 is 0 Å². The van der Waals surface area contributed by atoms with Gasteiger partial charge in [0.2, 0.25) is 5.91 Å². The lowest BCUT2D eigenvalue weighted by molar-refractivity contribution is -0.146. The normalized spacial score (nSPS) is 16.7. The molecule has 1 atom stereocenters. The third-order valence-corrected chi connectivity index (χ3v) is 8.16. The SMILES string of the molecule is CCN(CC(C)C(=O)OC)C(=O)Cc1ccc(S(=O)(=O)N2CCCCC2)s1. The minimum Gasteiger partial charge on any atom is -0.469 e. The lowest BCUT2D eigenvalue weighted by atomic mass is 10.1. The van der Waals surface area contributed by atoms with Crippen molar-refractivity contribution in [3.05, 3.63) is 17.0 Å². The van der Waals surface area contributed by atoms with Gasteiger partial charge in [-0.2, -0.15) is 4.31 Å². The van der Waals surface area contributed by atoms with Crippen LogP contribution < -0.4 is 0 Å². The van der Waals surface area contributed by atoms with E-state index in [9.17, 15) is 18.0 Å². The Kier molecular flexibility index (Phi) is 7.81. The summed E-state index contributed by atoms with van der Waals surface area (Å²) >= 11 is 1.15. The minimum absolute atomic E-state index is 0.127. The van der Waals surface area contributed by atoms with Gasteiger partial charge in [-0.15, -0.1) is 11.3 Å². The van der Waals surface area contributed by atoms with Gasteiger partial charge in [0, 0.05) is 31.1 Å². The summed E-state index contributed by atoms with van der Waals surface area (Å²) in [5, 5.41) is 0. The molecule has 0 aliphatic carbocycles. The Bertz CT molecular complexity index is 754. The fourth-order valence-electron chi connectivity index (χ4n) is 3.10. The number of carbonyl (C=O) groups excluding carboxylic acids is 2. The summed E-state index contributed by atoms with van der Waals surface area (Å²) < 4.78 is 32.0. The fraction of sp³-hybridized carbons (Fsp3) is 0.667. The van der Waals surface area contributed by atoms with E-state index in [4.69, 9.17) is 4.74 Å². The average Bonchev–Trinajstić information content (AvgIpc) is 3.15. The molecule has 1 fully saturated rings. The lowest BCUT2D eigenvalue weighted by Crippen LogP contribution is -2.37. The van der Waals surface area contributed by atoms with Gasteiger partial charge in [0.05, 0.1) is 19.4 Å². The molecule has 1 saturated heterocycles. The molecule has 9 heteroatoms. The summed E-state index contributed by atoms with van der Waals surface area (Å²) in [4.78, 5) is 26.5. The molecule has 27 heavy (non-hydrogen) atoms. The molecule has 0 aromatic carbocycles. The van der Waals surface area contributed by atoms with Gasteiger partial charge in [0.25, 0.3) is 10.0 Å². The van der Waals surface area contributed by atoms with Gasteiger partial charge < -0.3 is 9.64 Å². The molecule has 2 rings (SSSR count). The van der Waals surface area contributed by atoms with Crippen molar-refractivity contribution < 1.29 is 22.7 Å². The van der Waals surface area contributed by atoms with E-state index in [2.05, 4.69) is 0 Å². The number of hydrogen-bond acceptors (Lipinski definition) is 6. The van der Waals surface area contributed by atoms with Crippen molar-refractivity contribution in [2.75, 3.05) is 33.3 Å². The highest BCUT2D eigenvalue weighted by molar-refractivity contribution is 7.91. The zero-order chi connectivity index (χ0) is 20.0. The molecule has 0 N–H and O–H groups in total. The molecule has 152 valence electrons. The highest BCUT2D eigenvalue weighted by Crippen LogP contribution is 2.27. The van der Waals surface area contributed by atoms with Gasteiger partial charge in [0.15, 0.2) is 0 Å². The molecular weight excluding hydrogens is 388 g/mol. The largest absolute Gasteiger partial charge is 0.469 e. The monoisotopic (exact) mass is 416 g/mol. The molecule has 1 aromatic rings. The van der Waals surface area contributed by atoms with Crippen molar-refractivity contribution >= 4 is 33.2 Å². The van der Waals surface area contributed by atoms with Crippen LogP contribution in [0.3, 0.4) is 0 Å². The van der Waals surface area contributed by atoms with E-state index in [0.717, 1.165) is 30.6 Å². The van der Waals surface area contributed by atoms with Crippen molar-refractivity contribution in [2.45, 2.75) is 43.7 Å². The highest BCUT2D eigenvalue weighted by Gasteiger charge is 2.28. The summed E-state index contributed by atoms with van der Waals surface area (Å²) in [6, 6.07) is 3.29. The lowest BCUT2D eigenvalue weighted by Gasteiger charge is -2.25. The van der Waals surface area contributed by atoms with Gasteiger partial charge in [0.1, 0.15) is 4.21 Å². The van der Waals surface area contributed by atoms with Crippen molar-refractivity contribution in [2.24, 2.45) is 5.92 Å². The van der Waals surface area contributed by atoms with E-state index in [1.807, 2.05) is 6.92 Å². The zero-order valence-electron chi connectivity index (χ0n) is 16.1. The van der Waals surface area contributed by atoms with Crippen molar-refractivity contribution in [3.8, 4) is 0 Å². The first kappa shape index (κ1) is 21.8. The number of rotatable bonds is 8. The first-order chi connectivity index (χ1) is 12.8. The quantitative estimate of drug-likeness (QED) is 0.606. The van der Waals surface area contributed by atoms with Crippen LogP contribution in [0.2, 0.25) is 0 Å². The Morgan fingerprint density at radius 3 is 2.52 bits per heavy atom. The topological polar surface area (TPSA) is 84.0 Å². The van der Waals surface area contributed by atoms with E-state index in [1.54, 1.807) is 24.0 Å². The third kappa shape index (κ3) is 5.52. The second-order valence-electron chi connectivity index (χ2n) is 6.72. The number of likely N-dealkylation sites (N-methyl/N-ethyl adjacent to an activating group) is 1. The Morgan fingerprint density at radius 1 is 1.26 bits per heavy atom. The van der Waals surface area contributed by atoms with E-state index in [1.165, 1.54) is 11.4 Å². The summed E-state index contributed by atoms with van der Waals surface area (Å²) in [7, 11) is -2.14. The molecular formula is C18H28N2O5S2. The number of hydrogen-bond donors (Lipinski definition) is 0. The van der Waals surface area contributed by atoms with Crippen molar-refractivity contribution in [3.63, 3.8) is 0 Å². The second-order valence-corrected chi connectivity index (χ2v) is 10.1. The van der Waals surface area contributed by atoms with Crippen LogP contribution in [0.5, 0.6) is 0 Å². The van der Waals surface area contributed by atoms with Gasteiger partial charge in [-0.1, -0.05) is 13.3 Å².